The van der Waals surface area contributed by atoms with Crippen LogP contribution in [0.3, 0.4) is 0 Å². The summed E-state index contributed by atoms with van der Waals surface area (Å²) in [7, 11) is 0. The van der Waals surface area contributed by atoms with Gasteiger partial charge in [-0.3, -0.25) is 48.2 Å². The Morgan fingerprint density at radius 1 is 0.919 bits per heavy atom. The van der Waals surface area contributed by atoms with E-state index in [4.69, 9.17) is 10.1 Å². The lowest BCUT2D eigenvalue weighted by Crippen LogP contribution is -2.66. The molecule has 2 fully saturated rings. The second-order valence-corrected chi connectivity index (χ2v) is 22.1. The number of nitrogens with zero attached hydrogens (tertiary/aromatic N) is 4. The van der Waals surface area contributed by atoms with Crippen LogP contribution >= 0.6 is 23.5 Å². The molecule has 10 N–H and O–H groups in total. The molecule has 24 heteroatoms. The summed E-state index contributed by atoms with van der Waals surface area (Å²) in [5.41, 5.74) is 0.0519. The van der Waals surface area contributed by atoms with E-state index in [0.717, 1.165) is 11.4 Å². The first-order chi connectivity index (χ1) is 35.3. The molecule has 0 unspecified atom stereocenters. The van der Waals surface area contributed by atoms with Gasteiger partial charge in [0.25, 0.3) is 5.91 Å². The van der Waals surface area contributed by atoms with Crippen molar-refractivity contribution in [2.45, 2.75) is 158 Å². The number of amides is 8. The summed E-state index contributed by atoms with van der Waals surface area (Å²) < 4.78 is 0. The number of carbonyl (C=O) groups is 8. The van der Waals surface area contributed by atoms with Crippen LogP contribution in [-0.4, -0.2) is 195 Å². The highest BCUT2D eigenvalue weighted by Gasteiger charge is 2.45. The van der Waals surface area contributed by atoms with Crippen molar-refractivity contribution in [2.24, 2.45) is 16.8 Å². The molecule has 8 amide bonds. The van der Waals surface area contributed by atoms with Crippen molar-refractivity contribution in [3.8, 4) is 0 Å². The Labute approximate surface area is 442 Å². The molecule has 3 aliphatic rings. The van der Waals surface area contributed by atoms with Gasteiger partial charge in [-0.05, 0) is 75.6 Å². The molecule has 2 saturated heterocycles. The summed E-state index contributed by atoms with van der Waals surface area (Å²) >= 11 is 2.93. The SMILES string of the molecule is C=NC(=O)CN1CCC(NC(=O)[C@@H]2CSCc3cccc(n3)CSCCC(=O)NC3(CCN(C(=O)CCCC(=O)NCC[C@@H](O)[C@H](O)[C@H](O)CO)CC3)C(=O)N[C@@H](CC(C)C)C(=O)N[C@@H]([C@@H](C)CC)C(=O)N2)CC1. The summed E-state index contributed by atoms with van der Waals surface area (Å²) in [4.78, 5) is 121. The van der Waals surface area contributed by atoms with Crippen LogP contribution in [0.2, 0.25) is 0 Å². The minimum absolute atomic E-state index is 0.00602. The Morgan fingerprint density at radius 2 is 1.59 bits per heavy atom. The first kappa shape index (κ1) is 61.8. The maximum absolute atomic E-state index is 14.7. The predicted octanol–water partition coefficient (Wildman–Crippen LogP) is -0.465. The molecule has 0 saturated carbocycles. The van der Waals surface area contributed by atoms with Crippen LogP contribution in [0.15, 0.2) is 23.2 Å². The summed E-state index contributed by atoms with van der Waals surface area (Å²) in [6.45, 7) is 11.5. The molecule has 0 radical (unpaired) electrons. The minimum atomic E-state index is -1.58. The second-order valence-electron chi connectivity index (χ2n) is 19.9. The number of thioether (sulfide) groups is 2. The van der Waals surface area contributed by atoms with Crippen molar-refractivity contribution >= 4 is 77.5 Å². The van der Waals surface area contributed by atoms with E-state index in [1.807, 2.05) is 50.8 Å². The van der Waals surface area contributed by atoms with Crippen LogP contribution in [-0.2, 0) is 49.9 Å². The quantitative estimate of drug-likeness (QED) is 0.0832. The van der Waals surface area contributed by atoms with E-state index in [2.05, 4.69) is 43.6 Å². The van der Waals surface area contributed by atoms with E-state index in [9.17, 15) is 53.7 Å². The van der Waals surface area contributed by atoms with Crippen LogP contribution in [0.5, 0.6) is 0 Å². The van der Waals surface area contributed by atoms with Gasteiger partial charge in [0.1, 0.15) is 35.9 Å². The van der Waals surface area contributed by atoms with E-state index >= 15 is 0 Å². The number of rotatable bonds is 18. The Balaban J connectivity index is 1.51. The molecule has 22 nitrogen and oxygen atoms in total. The third-order valence-electron chi connectivity index (χ3n) is 13.7. The molecule has 1 spiro atoms. The van der Waals surface area contributed by atoms with E-state index in [-0.39, 0.29) is 125 Å². The fraction of sp³-hybridized carbons (Fsp3) is 0.720. The molecular formula is C50H80N10O12S2. The van der Waals surface area contributed by atoms with Gasteiger partial charge < -0.3 is 57.2 Å². The fourth-order valence-electron chi connectivity index (χ4n) is 8.91. The molecule has 4 rings (SSSR count). The molecule has 0 aromatic carbocycles. The van der Waals surface area contributed by atoms with Crippen molar-refractivity contribution < 1.29 is 58.8 Å². The number of aliphatic hydroxyl groups is 4. The highest BCUT2D eigenvalue weighted by Crippen LogP contribution is 2.26. The number of carbonyl (C=O) groups excluding carboxylic acids is 8. The van der Waals surface area contributed by atoms with Crippen LogP contribution < -0.4 is 31.9 Å². The van der Waals surface area contributed by atoms with Crippen molar-refractivity contribution in [3.63, 3.8) is 0 Å². The van der Waals surface area contributed by atoms with Crippen LogP contribution in [0, 0.1) is 11.8 Å². The van der Waals surface area contributed by atoms with Gasteiger partial charge in [0, 0.05) is 81.0 Å². The molecule has 4 heterocycles. The van der Waals surface area contributed by atoms with Crippen molar-refractivity contribution in [1.29, 1.82) is 0 Å². The largest absolute Gasteiger partial charge is 0.394 e. The van der Waals surface area contributed by atoms with Gasteiger partial charge in [-0.2, -0.15) is 23.5 Å². The number of nitrogens with one attached hydrogen (secondary N) is 6. The minimum Gasteiger partial charge on any atom is -0.394 e. The number of aromatic nitrogens is 1. The molecule has 7 atom stereocenters. The standard InChI is InChI=1S/C50H80N10O12S2/c1-6-32(4)44-48(71)55-37(47(70)54-33-14-20-59(21-15-33)26-42(66)51-5)30-74-29-35-10-7-9-34(53-35)28-73-24-16-41(65)58-50(49(72)56-36(25-31(2)3)46(69)57-44)17-22-60(23-18-50)43(67)12-8-11-40(64)52-19-13-38(62)45(68)39(63)27-61/h7,9-10,31-33,36-39,44-45,61-63,68H,5-6,8,11-30H2,1-4H3,(H,52,64)(H,54,70)(H,55,71)(H,56,72)(H,57,69)(H,58,65)/t32-,36-,37-,38+,39+,44-,45-/m0/s1. The Hall–Kier alpha value is -4.72. The molecule has 3 aliphatic heterocycles. The van der Waals surface area contributed by atoms with Crippen LogP contribution in [0.25, 0.3) is 0 Å². The van der Waals surface area contributed by atoms with E-state index in [1.54, 1.807) is 4.90 Å². The van der Waals surface area contributed by atoms with Crippen molar-refractivity contribution in [1.82, 2.24) is 46.7 Å². The van der Waals surface area contributed by atoms with E-state index in [0.29, 0.717) is 49.6 Å². The maximum atomic E-state index is 14.7. The summed E-state index contributed by atoms with van der Waals surface area (Å²) in [6.07, 6.45) is -2.37. The molecule has 414 valence electrons. The first-order valence-corrected chi connectivity index (χ1v) is 28.1. The normalized spacial score (nSPS) is 22.8. The molecular weight excluding hydrogens is 997 g/mol. The lowest BCUT2D eigenvalue weighted by molar-refractivity contribution is -0.141. The van der Waals surface area contributed by atoms with Crippen molar-refractivity contribution in [3.05, 3.63) is 29.6 Å². The number of hydrogen-bond acceptors (Lipinski definition) is 16. The number of hydrogen-bond donors (Lipinski definition) is 10. The average Bonchev–Trinajstić information content (AvgIpc) is 3.38. The molecule has 2 bridgehead atoms. The summed E-state index contributed by atoms with van der Waals surface area (Å²) in [6, 6.07) is 2.25. The highest BCUT2D eigenvalue weighted by atomic mass is 32.2. The zero-order chi connectivity index (χ0) is 54.4. The topological polar surface area (TPSA) is 321 Å². The smallest absolute Gasteiger partial charge is 0.259 e. The van der Waals surface area contributed by atoms with Crippen LogP contribution in [0.4, 0.5) is 0 Å². The summed E-state index contributed by atoms with van der Waals surface area (Å²) in [5.74, 6) is -2.47. The van der Waals surface area contributed by atoms with E-state index < -0.39 is 72.2 Å². The Kier molecular flexibility index (Phi) is 26.2. The third kappa shape index (κ3) is 20.1. The monoisotopic (exact) mass is 1080 g/mol. The number of aliphatic imine (C=N–C) groups is 1. The van der Waals surface area contributed by atoms with Gasteiger partial charge in [0.15, 0.2) is 0 Å². The molecule has 1 aromatic rings. The highest BCUT2D eigenvalue weighted by molar-refractivity contribution is 7.98. The maximum Gasteiger partial charge on any atom is 0.259 e. The number of pyridine rings is 1. The fourth-order valence-corrected chi connectivity index (χ4v) is 10.7. The van der Waals surface area contributed by atoms with Crippen LogP contribution in [0.1, 0.15) is 110 Å². The summed E-state index contributed by atoms with van der Waals surface area (Å²) in [5, 5.41) is 55.8. The second kappa shape index (κ2) is 31.4. The van der Waals surface area contributed by atoms with Gasteiger partial charge in [0.2, 0.25) is 41.4 Å². The lowest BCUT2D eigenvalue weighted by Gasteiger charge is -2.42. The number of piperidine rings is 2. The molecule has 74 heavy (non-hydrogen) atoms. The molecule has 0 aliphatic carbocycles. The number of aliphatic hydroxyl groups excluding tert-OH is 4. The van der Waals surface area contributed by atoms with Crippen molar-refractivity contribution in [2.75, 3.05) is 57.4 Å². The molecule has 1 aromatic heterocycles. The Bertz CT molecular complexity index is 2060. The third-order valence-corrected chi connectivity index (χ3v) is 15.7. The first-order valence-electron chi connectivity index (χ1n) is 25.8. The Morgan fingerprint density at radius 3 is 2.23 bits per heavy atom. The van der Waals surface area contributed by atoms with Gasteiger partial charge in [-0.25, -0.2) is 4.99 Å². The van der Waals surface area contributed by atoms with Gasteiger partial charge in [-0.1, -0.05) is 40.2 Å². The lowest BCUT2D eigenvalue weighted by atomic mass is 9.85. The van der Waals surface area contributed by atoms with E-state index in [1.165, 1.54) is 23.5 Å². The zero-order valence-corrected chi connectivity index (χ0v) is 45.0. The van der Waals surface area contributed by atoms with Gasteiger partial charge in [0.05, 0.1) is 30.6 Å². The van der Waals surface area contributed by atoms with Gasteiger partial charge in [-0.15, -0.1) is 0 Å². The number of fused-ring (bicyclic) bond motifs is 2. The predicted molar refractivity (Wildman–Crippen MR) is 281 cm³/mol. The number of likely N-dealkylation sites (tertiary alicyclic amines) is 2. The average molecular weight is 1080 g/mol. The zero-order valence-electron chi connectivity index (χ0n) is 43.4. The van der Waals surface area contributed by atoms with Gasteiger partial charge >= 0.3 is 0 Å².